The highest BCUT2D eigenvalue weighted by Crippen LogP contribution is 2.30. The van der Waals surface area contributed by atoms with Gasteiger partial charge < -0.3 is 30.4 Å². The van der Waals surface area contributed by atoms with E-state index in [9.17, 15) is 14.4 Å². The van der Waals surface area contributed by atoms with Crippen LogP contribution in [-0.4, -0.2) is 60.3 Å². The summed E-state index contributed by atoms with van der Waals surface area (Å²) in [6.45, 7) is 6.40. The van der Waals surface area contributed by atoms with E-state index in [4.69, 9.17) is 9.47 Å². The van der Waals surface area contributed by atoms with Crippen LogP contribution in [0.4, 0.5) is 10.5 Å². The van der Waals surface area contributed by atoms with Crippen molar-refractivity contribution in [1.82, 2.24) is 20.9 Å². The lowest BCUT2D eigenvalue weighted by Gasteiger charge is -2.39. The molecule has 10 nitrogen and oxygen atoms in total. The van der Waals surface area contributed by atoms with Gasteiger partial charge in [0.25, 0.3) is 0 Å². The molecular formula is C35H49N5O5. The number of benzene rings is 2. The van der Waals surface area contributed by atoms with E-state index >= 15 is 0 Å². The van der Waals surface area contributed by atoms with Crippen LogP contribution in [0.15, 0.2) is 54.7 Å². The molecule has 1 aliphatic rings. The number of ether oxygens (including phenoxy) is 2. The molecule has 0 spiro atoms. The molecule has 3 aromatic rings. The first-order valence-electron chi connectivity index (χ1n) is 16.1. The van der Waals surface area contributed by atoms with E-state index in [-0.39, 0.29) is 11.8 Å². The van der Waals surface area contributed by atoms with Crippen molar-refractivity contribution in [2.45, 2.75) is 95.7 Å². The van der Waals surface area contributed by atoms with E-state index in [1.54, 1.807) is 31.4 Å². The number of nitrogens with one attached hydrogen (secondary N) is 5. The van der Waals surface area contributed by atoms with Gasteiger partial charge in [-0.05, 0) is 95.2 Å². The Bertz CT molecular complexity index is 1410. The quantitative estimate of drug-likeness (QED) is 0.144. The number of hydrogen-bond acceptors (Lipinski definition) is 6. The van der Waals surface area contributed by atoms with Crippen molar-refractivity contribution in [3.8, 4) is 5.75 Å². The first-order chi connectivity index (χ1) is 21.6. The van der Waals surface area contributed by atoms with Gasteiger partial charge in [0.2, 0.25) is 11.8 Å². The molecule has 45 heavy (non-hydrogen) atoms. The summed E-state index contributed by atoms with van der Waals surface area (Å²) in [5.74, 6) is 0.443. The van der Waals surface area contributed by atoms with Crippen molar-refractivity contribution in [3.05, 3.63) is 60.3 Å². The molecule has 1 fully saturated rings. The van der Waals surface area contributed by atoms with E-state index in [1.165, 1.54) is 0 Å². The van der Waals surface area contributed by atoms with Crippen molar-refractivity contribution < 1.29 is 23.9 Å². The molecule has 1 aliphatic carbocycles. The number of carbonyl (C=O) groups is 3. The molecule has 10 heteroatoms. The average molecular weight is 620 g/mol. The molecule has 1 saturated carbocycles. The number of fused-ring (bicyclic) bond motifs is 1. The largest absolute Gasteiger partial charge is 0.497 e. The van der Waals surface area contributed by atoms with Crippen molar-refractivity contribution >= 4 is 34.5 Å². The maximum atomic E-state index is 13.9. The van der Waals surface area contributed by atoms with Crippen LogP contribution in [0.5, 0.6) is 5.75 Å². The minimum absolute atomic E-state index is 0.0594. The van der Waals surface area contributed by atoms with Crippen LogP contribution in [0.25, 0.3) is 10.9 Å². The van der Waals surface area contributed by atoms with Gasteiger partial charge in [-0.25, -0.2) is 4.79 Å². The number of amides is 3. The van der Waals surface area contributed by atoms with Gasteiger partial charge in [0, 0.05) is 35.9 Å². The molecule has 1 unspecified atom stereocenters. The Hall–Kier alpha value is -4.05. The predicted molar refractivity (Wildman–Crippen MR) is 177 cm³/mol. The number of carbonyl (C=O) groups excluding carboxylic acids is 3. The molecule has 1 aromatic heterocycles. The number of methoxy groups -OCH3 is 1. The van der Waals surface area contributed by atoms with Gasteiger partial charge in [-0.15, -0.1) is 0 Å². The Morgan fingerprint density at radius 2 is 1.67 bits per heavy atom. The molecule has 0 saturated heterocycles. The molecular weight excluding hydrogens is 570 g/mol. The second kappa shape index (κ2) is 15.8. The molecule has 4 rings (SSSR count). The first kappa shape index (κ1) is 33.8. The topological polar surface area (TPSA) is 134 Å². The van der Waals surface area contributed by atoms with Crippen molar-refractivity contribution in [3.63, 3.8) is 0 Å². The number of aromatic amines is 1. The number of anilines is 1. The standard InChI is InChI=1S/C35H49N5O5/c1-34(2,3)45-33(43)37-22-11-8-14-30(31(41)39-26-15-17-27(44-4)18-16-26)40-35(20-9-5-10-21-35)32(42)36-23-19-25-24-38-29-13-7-6-12-28(25)29/h6-7,12-13,15-18,24,30,38,40H,5,8-11,14,19-23H2,1-4H3,(H,36,42)(H,37,43)(H,39,41). The number of unbranched alkanes of at least 4 members (excludes halogenated alkanes) is 1. The fraction of sp³-hybridized carbons (Fsp3) is 0.514. The molecule has 244 valence electrons. The normalized spacial score (nSPS) is 15.2. The highest BCUT2D eigenvalue weighted by atomic mass is 16.6. The molecule has 3 amide bonds. The van der Waals surface area contributed by atoms with Crippen LogP contribution in [-0.2, 0) is 20.7 Å². The molecule has 1 heterocycles. The van der Waals surface area contributed by atoms with Gasteiger partial charge in [-0.2, -0.15) is 0 Å². The summed E-state index contributed by atoms with van der Waals surface area (Å²) in [6, 6.07) is 14.7. The number of rotatable bonds is 14. The average Bonchev–Trinajstić information content (AvgIpc) is 3.43. The highest BCUT2D eigenvalue weighted by molar-refractivity contribution is 5.96. The van der Waals surface area contributed by atoms with Crippen LogP contribution in [0.2, 0.25) is 0 Å². The number of para-hydroxylation sites is 1. The fourth-order valence-electron chi connectivity index (χ4n) is 5.89. The SMILES string of the molecule is COc1ccc(NC(=O)C(CCCCNC(=O)OC(C)(C)C)NC2(C(=O)NCCc3c[nH]c4ccccc34)CCCCC2)cc1. The summed E-state index contributed by atoms with van der Waals surface area (Å²) in [7, 11) is 1.60. The third kappa shape index (κ3) is 9.97. The van der Waals surface area contributed by atoms with Gasteiger partial charge in [-0.1, -0.05) is 37.5 Å². The van der Waals surface area contributed by atoms with Gasteiger partial charge in [0.15, 0.2) is 0 Å². The third-order valence-electron chi connectivity index (χ3n) is 8.21. The smallest absolute Gasteiger partial charge is 0.407 e. The zero-order chi connectivity index (χ0) is 32.3. The minimum atomic E-state index is -0.838. The highest BCUT2D eigenvalue weighted by Gasteiger charge is 2.42. The number of aromatic nitrogens is 1. The van der Waals surface area contributed by atoms with Crippen LogP contribution in [0, 0.1) is 0 Å². The lowest BCUT2D eigenvalue weighted by Crippen LogP contribution is -2.63. The summed E-state index contributed by atoms with van der Waals surface area (Å²) < 4.78 is 10.6. The summed E-state index contributed by atoms with van der Waals surface area (Å²) in [4.78, 5) is 42.9. The summed E-state index contributed by atoms with van der Waals surface area (Å²) in [6.07, 6.45) is 8.30. The Kier molecular flexibility index (Phi) is 11.9. The number of hydrogen-bond donors (Lipinski definition) is 5. The summed E-state index contributed by atoms with van der Waals surface area (Å²) >= 11 is 0. The first-order valence-corrected chi connectivity index (χ1v) is 16.1. The Morgan fingerprint density at radius 3 is 2.38 bits per heavy atom. The lowest BCUT2D eigenvalue weighted by atomic mass is 9.79. The fourth-order valence-corrected chi connectivity index (χ4v) is 5.89. The van der Waals surface area contributed by atoms with Crippen LogP contribution >= 0.6 is 0 Å². The van der Waals surface area contributed by atoms with Crippen LogP contribution in [0.1, 0.15) is 77.7 Å². The van der Waals surface area contributed by atoms with Crippen LogP contribution < -0.4 is 26.0 Å². The molecule has 0 aliphatic heterocycles. The zero-order valence-electron chi connectivity index (χ0n) is 27.1. The zero-order valence-corrected chi connectivity index (χ0v) is 27.1. The third-order valence-corrected chi connectivity index (χ3v) is 8.21. The second-order valence-electron chi connectivity index (χ2n) is 12.8. The number of alkyl carbamates (subject to hydrolysis) is 1. The van der Waals surface area contributed by atoms with Crippen molar-refractivity contribution in [2.75, 3.05) is 25.5 Å². The maximum Gasteiger partial charge on any atom is 0.407 e. The Morgan fingerprint density at radius 1 is 0.933 bits per heavy atom. The Balaban J connectivity index is 1.41. The van der Waals surface area contributed by atoms with Gasteiger partial charge >= 0.3 is 6.09 Å². The Labute approximate surface area is 266 Å². The minimum Gasteiger partial charge on any atom is -0.497 e. The van der Waals surface area contributed by atoms with E-state index in [1.807, 2.05) is 45.2 Å². The molecule has 2 aromatic carbocycles. The van der Waals surface area contributed by atoms with E-state index in [0.29, 0.717) is 63.1 Å². The monoisotopic (exact) mass is 619 g/mol. The van der Waals surface area contributed by atoms with Gasteiger partial charge in [0.1, 0.15) is 11.4 Å². The molecule has 5 N–H and O–H groups in total. The number of H-pyrrole nitrogens is 1. The lowest BCUT2D eigenvalue weighted by molar-refractivity contribution is -0.130. The van der Waals surface area contributed by atoms with Crippen molar-refractivity contribution in [1.29, 1.82) is 0 Å². The van der Waals surface area contributed by atoms with Crippen LogP contribution in [0.3, 0.4) is 0 Å². The van der Waals surface area contributed by atoms with Gasteiger partial charge in [-0.3, -0.25) is 14.9 Å². The molecule has 1 atom stereocenters. The maximum absolute atomic E-state index is 13.9. The predicted octanol–water partition coefficient (Wildman–Crippen LogP) is 5.83. The van der Waals surface area contributed by atoms with E-state index in [2.05, 4.69) is 32.3 Å². The van der Waals surface area contributed by atoms with Gasteiger partial charge in [0.05, 0.1) is 18.7 Å². The second-order valence-corrected chi connectivity index (χ2v) is 12.8. The van der Waals surface area contributed by atoms with E-state index in [0.717, 1.165) is 35.7 Å². The van der Waals surface area contributed by atoms with Crippen molar-refractivity contribution in [2.24, 2.45) is 0 Å². The summed E-state index contributed by atoms with van der Waals surface area (Å²) in [5, 5.41) is 13.7. The molecule has 0 bridgehead atoms. The summed E-state index contributed by atoms with van der Waals surface area (Å²) in [5.41, 5.74) is 1.49. The van der Waals surface area contributed by atoms with E-state index < -0.39 is 23.3 Å². The molecule has 0 radical (unpaired) electrons.